The number of aromatic nitrogens is 5. The van der Waals surface area contributed by atoms with Gasteiger partial charge < -0.3 is 20.5 Å². The van der Waals surface area contributed by atoms with Gasteiger partial charge in [0.25, 0.3) is 5.91 Å². The van der Waals surface area contributed by atoms with Crippen molar-refractivity contribution in [2.75, 3.05) is 39.4 Å². The summed E-state index contributed by atoms with van der Waals surface area (Å²) in [6, 6.07) is 11.5. The predicted molar refractivity (Wildman–Crippen MR) is 149 cm³/mol. The van der Waals surface area contributed by atoms with Crippen molar-refractivity contribution in [3.8, 4) is 16.9 Å². The lowest BCUT2D eigenvalue weighted by Crippen LogP contribution is -2.50. The summed E-state index contributed by atoms with van der Waals surface area (Å²) in [5.74, 6) is -0.471. The van der Waals surface area contributed by atoms with Gasteiger partial charge in [-0.15, -0.1) is 0 Å². The Bertz CT molecular complexity index is 1620. The third-order valence-corrected chi connectivity index (χ3v) is 8.57. The zero-order valence-electron chi connectivity index (χ0n) is 22.7. The standard InChI is InChI=1S/C27H33N7O5S/c1-29-26(35)27(39-16-15-38-2)12-9-18(10-13-27)22-23(40(3,36)37)24(28)34-25(31-22)20(17-30-34)21-11-14-33(32-21)19-7-5-4-6-8-19/h4-8,11,14,17-18H,9-10,12-13,15-16,28H2,1-3H3,(H,29,35). The number of ether oxygens (including phenoxy) is 2. The van der Waals surface area contributed by atoms with E-state index in [2.05, 4.69) is 10.4 Å². The molecule has 1 amide bonds. The van der Waals surface area contributed by atoms with E-state index in [1.165, 1.54) is 4.52 Å². The van der Waals surface area contributed by atoms with E-state index in [9.17, 15) is 13.2 Å². The van der Waals surface area contributed by atoms with Crippen LogP contribution in [0.1, 0.15) is 37.3 Å². The van der Waals surface area contributed by atoms with E-state index >= 15 is 0 Å². The fourth-order valence-electron chi connectivity index (χ4n) is 5.39. The lowest BCUT2D eigenvalue weighted by molar-refractivity contribution is -0.154. The molecular weight excluding hydrogens is 534 g/mol. The first kappa shape index (κ1) is 27.7. The molecule has 5 rings (SSSR count). The number of likely N-dealkylation sites (N-methyl/N-ethyl adjacent to an activating group) is 1. The number of nitrogen functional groups attached to an aromatic ring is 1. The van der Waals surface area contributed by atoms with E-state index in [0.717, 1.165) is 11.9 Å². The Labute approximate surface area is 232 Å². The highest BCUT2D eigenvalue weighted by atomic mass is 32.2. The quantitative estimate of drug-likeness (QED) is 0.290. The molecule has 0 spiro atoms. The SMILES string of the molecule is CNC(=O)C1(OCCOC)CCC(c2nc3c(-c4ccn(-c5ccccc5)n4)cnn3c(N)c2S(C)(=O)=O)CC1. The molecule has 0 radical (unpaired) electrons. The van der Waals surface area contributed by atoms with Crippen molar-refractivity contribution < 1.29 is 22.7 Å². The maximum absolute atomic E-state index is 13.0. The van der Waals surface area contributed by atoms with Crippen LogP contribution in [-0.2, 0) is 24.1 Å². The maximum Gasteiger partial charge on any atom is 0.251 e. The summed E-state index contributed by atoms with van der Waals surface area (Å²) < 4.78 is 40.2. The van der Waals surface area contributed by atoms with Gasteiger partial charge in [0.2, 0.25) is 0 Å². The molecule has 4 aromatic rings. The smallest absolute Gasteiger partial charge is 0.251 e. The average molecular weight is 568 g/mol. The zero-order chi connectivity index (χ0) is 28.5. The normalized spacial score (nSPS) is 19.6. The Kier molecular flexibility index (Phi) is 7.62. The second-order valence-corrected chi connectivity index (χ2v) is 11.9. The van der Waals surface area contributed by atoms with Gasteiger partial charge in [0.15, 0.2) is 15.5 Å². The summed E-state index contributed by atoms with van der Waals surface area (Å²) in [6.07, 6.45) is 6.30. The number of carbonyl (C=O) groups excluding carboxylic acids is 1. The number of anilines is 1. The van der Waals surface area contributed by atoms with Gasteiger partial charge in [0, 0.05) is 32.5 Å². The van der Waals surface area contributed by atoms with Crippen LogP contribution < -0.4 is 11.1 Å². The number of nitrogens with one attached hydrogen (secondary N) is 1. The van der Waals surface area contributed by atoms with Gasteiger partial charge in [-0.25, -0.2) is 18.1 Å². The van der Waals surface area contributed by atoms with Crippen LogP contribution in [0.2, 0.25) is 0 Å². The summed E-state index contributed by atoms with van der Waals surface area (Å²) in [7, 11) is -0.605. The molecule has 40 heavy (non-hydrogen) atoms. The molecular formula is C27H33N7O5S. The second-order valence-electron chi connectivity index (χ2n) is 9.95. The number of carbonyl (C=O) groups is 1. The number of benzene rings is 1. The minimum absolute atomic E-state index is 0.00396. The Balaban J connectivity index is 1.54. The monoisotopic (exact) mass is 567 g/mol. The largest absolute Gasteiger partial charge is 0.382 e. The minimum atomic E-state index is -3.75. The molecule has 212 valence electrons. The molecule has 0 unspecified atom stereocenters. The first-order valence-electron chi connectivity index (χ1n) is 13.0. The first-order valence-corrected chi connectivity index (χ1v) is 14.9. The highest BCUT2D eigenvalue weighted by Gasteiger charge is 2.44. The fourth-order valence-corrected chi connectivity index (χ4v) is 6.45. The molecule has 1 fully saturated rings. The molecule has 1 aliphatic carbocycles. The van der Waals surface area contributed by atoms with Crippen LogP contribution in [-0.4, -0.2) is 77.9 Å². The molecule has 12 nitrogen and oxygen atoms in total. The Morgan fingerprint density at radius 3 is 2.55 bits per heavy atom. The van der Waals surface area contributed by atoms with Crippen molar-refractivity contribution in [1.29, 1.82) is 0 Å². The van der Waals surface area contributed by atoms with Gasteiger partial charge in [0.1, 0.15) is 16.3 Å². The maximum atomic E-state index is 13.0. The molecule has 3 aromatic heterocycles. The number of para-hydroxylation sites is 1. The van der Waals surface area contributed by atoms with Gasteiger partial charge in [-0.2, -0.15) is 14.7 Å². The van der Waals surface area contributed by atoms with Crippen molar-refractivity contribution in [2.24, 2.45) is 0 Å². The van der Waals surface area contributed by atoms with E-state index < -0.39 is 15.4 Å². The highest BCUT2D eigenvalue weighted by molar-refractivity contribution is 7.91. The number of nitrogens with two attached hydrogens (primary N) is 1. The van der Waals surface area contributed by atoms with Crippen LogP contribution in [0.3, 0.4) is 0 Å². The van der Waals surface area contributed by atoms with E-state index in [1.807, 2.05) is 42.6 Å². The first-order chi connectivity index (χ1) is 19.2. The van der Waals surface area contributed by atoms with Gasteiger partial charge in [-0.05, 0) is 43.9 Å². The number of hydrogen-bond donors (Lipinski definition) is 2. The van der Waals surface area contributed by atoms with Crippen LogP contribution in [0, 0.1) is 0 Å². The molecule has 0 aliphatic heterocycles. The van der Waals surface area contributed by atoms with Crippen LogP contribution in [0.15, 0.2) is 53.7 Å². The summed E-state index contributed by atoms with van der Waals surface area (Å²) in [6.45, 7) is 0.633. The summed E-state index contributed by atoms with van der Waals surface area (Å²) in [5.41, 5.74) is 8.37. The molecule has 1 aliphatic rings. The third kappa shape index (κ3) is 5.07. The number of sulfone groups is 1. The number of rotatable bonds is 9. The zero-order valence-corrected chi connectivity index (χ0v) is 23.5. The number of methoxy groups -OCH3 is 1. The van der Waals surface area contributed by atoms with Gasteiger partial charge in [-0.1, -0.05) is 18.2 Å². The van der Waals surface area contributed by atoms with E-state index in [4.69, 9.17) is 25.3 Å². The van der Waals surface area contributed by atoms with Gasteiger partial charge >= 0.3 is 0 Å². The number of amides is 1. The van der Waals surface area contributed by atoms with E-state index in [0.29, 0.717) is 54.9 Å². The van der Waals surface area contributed by atoms with E-state index in [1.54, 1.807) is 25.0 Å². The third-order valence-electron chi connectivity index (χ3n) is 7.41. The van der Waals surface area contributed by atoms with Crippen molar-refractivity contribution in [3.05, 3.63) is 54.5 Å². The lowest BCUT2D eigenvalue weighted by Gasteiger charge is -2.38. The molecule has 1 aromatic carbocycles. The van der Waals surface area contributed by atoms with Crippen LogP contribution in [0.25, 0.3) is 22.6 Å². The lowest BCUT2D eigenvalue weighted by atomic mass is 9.76. The Morgan fingerprint density at radius 2 is 1.90 bits per heavy atom. The highest BCUT2D eigenvalue weighted by Crippen LogP contribution is 2.43. The molecule has 1 saturated carbocycles. The Morgan fingerprint density at radius 1 is 1.18 bits per heavy atom. The van der Waals surface area contributed by atoms with Crippen molar-refractivity contribution in [3.63, 3.8) is 0 Å². The summed E-state index contributed by atoms with van der Waals surface area (Å²) in [4.78, 5) is 17.6. The molecule has 3 heterocycles. The second kappa shape index (κ2) is 11.0. The van der Waals surface area contributed by atoms with Gasteiger partial charge in [0.05, 0.1) is 42.0 Å². The number of fused-ring (bicyclic) bond motifs is 1. The van der Waals surface area contributed by atoms with Crippen molar-refractivity contribution in [1.82, 2.24) is 29.7 Å². The van der Waals surface area contributed by atoms with Crippen molar-refractivity contribution >= 4 is 27.2 Å². The molecule has 3 N–H and O–H groups in total. The van der Waals surface area contributed by atoms with Gasteiger partial charge in [-0.3, -0.25) is 4.79 Å². The van der Waals surface area contributed by atoms with Crippen LogP contribution >= 0.6 is 0 Å². The topological polar surface area (TPSA) is 156 Å². The predicted octanol–water partition coefficient (Wildman–Crippen LogP) is 2.37. The van der Waals surface area contributed by atoms with Crippen molar-refractivity contribution in [2.45, 2.75) is 42.1 Å². The molecule has 13 heteroatoms. The molecule has 0 bridgehead atoms. The number of nitrogens with zero attached hydrogens (tertiary/aromatic N) is 5. The summed E-state index contributed by atoms with van der Waals surface area (Å²) in [5, 5.41) is 11.8. The van der Waals surface area contributed by atoms with Crippen LogP contribution in [0.4, 0.5) is 5.82 Å². The average Bonchev–Trinajstić information content (AvgIpc) is 3.60. The van der Waals surface area contributed by atoms with E-state index in [-0.39, 0.29) is 29.1 Å². The summed E-state index contributed by atoms with van der Waals surface area (Å²) >= 11 is 0. The minimum Gasteiger partial charge on any atom is -0.382 e. The fraction of sp³-hybridized carbons (Fsp3) is 0.407. The van der Waals surface area contributed by atoms with Crippen LogP contribution in [0.5, 0.6) is 0 Å². The molecule has 0 saturated heterocycles. The molecule has 0 atom stereocenters. The number of hydrogen-bond acceptors (Lipinski definition) is 9. The Hall–Kier alpha value is -3.81.